The molecule has 1 aromatic heterocycles. The predicted molar refractivity (Wildman–Crippen MR) is 115 cm³/mol. The fourth-order valence-electron chi connectivity index (χ4n) is 3.64. The van der Waals surface area contributed by atoms with Gasteiger partial charge in [0.15, 0.2) is 0 Å². The van der Waals surface area contributed by atoms with E-state index in [0.717, 1.165) is 5.56 Å². The van der Waals surface area contributed by atoms with E-state index in [1.807, 2.05) is 55.1 Å². The monoisotopic (exact) mass is 429 g/mol. The zero-order chi connectivity index (χ0) is 20.5. The van der Waals surface area contributed by atoms with Crippen LogP contribution in [0.5, 0.6) is 0 Å². The van der Waals surface area contributed by atoms with E-state index < -0.39 is 0 Å². The smallest absolute Gasteiger partial charge is 0.272 e. The quantitative estimate of drug-likeness (QED) is 0.581. The van der Waals surface area contributed by atoms with Crippen LogP contribution in [-0.4, -0.2) is 45.9 Å². The van der Waals surface area contributed by atoms with Crippen molar-refractivity contribution in [3.05, 3.63) is 70.3 Å². The van der Waals surface area contributed by atoms with Gasteiger partial charge in [0.1, 0.15) is 5.69 Å². The second-order valence-corrected chi connectivity index (χ2v) is 8.10. The summed E-state index contributed by atoms with van der Waals surface area (Å²) in [6.45, 7) is 5.01. The molecule has 0 bridgehead atoms. The summed E-state index contributed by atoms with van der Waals surface area (Å²) in [5.41, 5.74) is 2.58. The lowest BCUT2D eigenvalue weighted by atomic mass is 10.1. The number of amides is 1. The van der Waals surface area contributed by atoms with Gasteiger partial charge in [-0.1, -0.05) is 47.5 Å². The molecule has 2 unspecified atom stereocenters. The number of hydrogen-bond acceptors (Lipinski definition) is 3. The minimum absolute atomic E-state index is 0.0201. The van der Waals surface area contributed by atoms with Gasteiger partial charge in [-0.2, -0.15) is 5.10 Å². The molecule has 4 rings (SSSR count). The number of morpholine rings is 1. The number of ether oxygens (including phenoxy) is 1. The van der Waals surface area contributed by atoms with Crippen LogP contribution in [0.2, 0.25) is 10.0 Å². The van der Waals surface area contributed by atoms with Crippen LogP contribution in [0.15, 0.2) is 54.6 Å². The Bertz CT molecular complexity index is 1040. The minimum Gasteiger partial charge on any atom is -0.372 e. The maximum absolute atomic E-state index is 13.4. The van der Waals surface area contributed by atoms with Crippen molar-refractivity contribution in [3.63, 3.8) is 0 Å². The van der Waals surface area contributed by atoms with Crippen LogP contribution in [0.1, 0.15) is 24.3 Å². The van der Waals surface area contributed by atoms with E-state index in [9.17, 15) is 4.79 Å². The number of benzene rings is 2. The first-order valence-electron chi connectivity index (χ1n) is 9.48. The third-order valence-corrected chi connectivity index (χ3v) is 5.40. The van der Waals surface area contributed by atoms with Crippen LogP contribution < -0.4 is 0 Å². The summed E-state index contributed by atoms with van der Waals surface area (Å²) >= 11 is 12.6. The maximum atomic E-state index is 13.4. The van der Waals surface area contributed by atoms with E-state index in [0.29, 0.717) is 40.2 Å². The molecule has 2 atom stereocenters. The molecule has 2 heterocycles. The average Bonchev–Trinajstić information content (AvgIpc) is 3.12. The summed E-state index contributed by atoms with van der Waals surface area (Å²) in [6.07, 6.45) is -0.0402. The van der Waals surface area contributed by atoms with Crippen LogP contribution in [0.3, 0.4) is 0 Å². The Labute approximate surface area is 179 Å². The Morgan fingerprint density at radius 1 is 1.03 bits per heavy atom. The lowest BCUT2D eigenvalue weighted by Gasteiger charge is -2.35. The highest BCUT2D eigenvalue weighted by Gasteiger charge is 2.29. The largest absolute Gasteiger partial charge is 0.372 e. The Morgan fingerprint density at radius 2 is 1.76 bits per heavy atom. The SMILES string of the molecule is CC1CN(C(=O)c2cc(-c3ccccc3Cl)nn2-c2cccc(Cl)c2)CC(C)O1. The molecule has 1 amide bonds. The Morgan fingerprint density at radius 3 is 2.45 bits per heavy atom. The van der Waals surface area contributed by atoms with Crippen molar-refractivity contribution in [2.45, 2.75) is 26.1 Å². The van der Waals surface area contributed by atoms with Gasteiger partial charge in [0.25, 0.3) is 5.91 Å². The van der Waals surface area contributed by atoms with Crippen LogP contribution in [0.25, 0.3) is 16.9 Å². The van der Waals surface area contributed by atoms with Gasteiger partial charge in [0.2, 0.25) is 0 Å². The van der Waals surface area contributed by atoms with Crippen molar-refractivity contribution in [1.29, 1.82) is 0 Å². The van der Waals surface area contributed by atoms with Crippen LogP contribution in [0, 0.1) is 0 Å². The molecule has 0 aliphatic carbocycles. The van der Waals surface area contributed by atoms with Crippen molar-refractivity contribution in [1.82, 2.24) is 14.7 Å². The molecule has 1 aliphatic rings. The molecule has 0 radical (unpaired) electrons. The summed E-state index contributed by atoms with van der Waals surface area (Å²) < 4.78 is 7.41. The van der Waals surface area contributed by atoms with Crippen LogP contribution in [-0.2, 0) is 4.74 Å². The fraction of sp³-hybridized carbons (Fsp3) is 0.273. The molecule has 0 spiro atoms. The van der Waals surface area contributed by atoms with Crippen molar-refractivity contribution in [2.75, 3.05) is 13.1 Å². The first-order valence-corrected chi connectivity index (χ1v) is 10.2. The van der Waals surface area contributed by atoms with Gasteiger partial charge in [0.05, 0.1) is 28.6 Å². The summed E-state index contributed by atoms with van der Waals surface area (Å²) in [4.78, 5) is 15.3. The molecule has 1 fully saturated rings. The summed E-state index contributed by atoms with van der Waals surface area (Å²) in [7, 11) is 0. The third-order valence-electron chi connectivity index (χ3n) is 4.84. The summed E-state index contributed by atoms with van der Waals surface area (Å²) in [5, 5.41) is 5.85. The number of hydrogen-bond donors (Lipinski definition) is 0. The van der Waals surface area contributed by atoms with Gasteiger partial charge in [-0.25, -0.2) is 4.68 Å². The van der Waals surface area contributed by atoms with Gasteiger partial charge >= 0.3 is 0 Å². The van der Waals surface area contributed by atoms with Crippen LogP contribution >= 0.6 is 23.2 Å². The van der Waals surface area contributed by atoms with E-state index in [4.69, 9.17) is 33.0 Å². The number of rotatable bonds is 3. The molecule has 0 saturated carbocycles. The van der Waals surface area contributed by atoms with E-state index in [2.05, 4.69) is 0 Å². The summed E-state index contributed by atoms with van der Waals surface area (Å²) in [6, 6.07) is 16.5. The average molecular weight is 430 g/mol. The lowest BCUT2D eigenvalue weighted by Crippen LogP contribution is -2.48. The van der Waals surface area contributed by atoms with Gasteiger partial charge in [-0.3, -0.25) is 4.79 Å². The highest BCUT2D eigenvalue weighted by molar-refractivity contribution is 6.33. The predicted octanol–water partition coefficient (Wildman–Crippen LogP) is 5.10. The molecule has 29 heavy (non-hydrogen) atoms. The number of aromatic nitrogens is 2. The second-order valence-electron chi connectivity index (χ2n) is 7.25. The van der Waals surface area contributed by atoms with Crippen molar-refractivity contribution in [3.8, 4) is 16.9 Å². The third kappa shape index (κ3) is 4.17. The lowest BCUT2D eigenvalue weighted by molar-refractivity contribution is -0.0588. The fourth-order valence-corrected chi connectivity index (χ4v) is 4.06. The number of carbonyl (C=O) groups is 1. The standard InChI is InChI=1S/C22H21Cl2N3O2/c1-14-12-26(13-15(2)29-14)22(28)21-11-20(18-8-3-4-9-19(18)24)25-27(21)17-7-5-6-16(23)10-17/h3-11,14-15H,12-13H2,1-2H3. The molecular weight excluding hydrogens is 409 g/mol. The van der Waals surface area contributed by atoms with E-state index in [-0.39, 0.29) is 18.1 Å². The zero-order valence-corrected chi connectivity index (χ0v) is 17.7. The maximum Gasteiger partial charge on any atom is 0.272 e. The molecule has 150 valence electrons. The second kappa shape index (κ2) is 8.19. The molecular formula is C22H21Cl2N3O2. The van der Waals surface area contributed by atoms with Crippen molar-refractivity contribution >= 4 is 29.1 Å². The Kier molecular flexibility index (Phi) is 5.63. The van der Waals surface area contributed by atoms with E-state index >= 15 is 0 Å². The first-order chi connectivity index (χ1) is 13.9. The van der Waals surface area contributed by atoms with Gasteiger partial charge < -0.3 is 9.64 Å². The number of carbonyl (C=O) groups excluding carboxylic acids is 1. The number of nitrogens with zero attached hydrogens (tertiary/aromatic N) is 3. The van der Waals surface area contributed by atoms with Crippen LogP contribution in [0.4, 0.5) is 0 Å². The Balaban J connectivity index is 1.81. The molecule has 1 aliphatic heterocycles. The molecule has 7 heteroatoms. The van der Waals surface area contributed by atoms with E-state index in [1.165, 1.54) is 0 Å². The molecule has 3 aromatic rings. The molecule has 5 nitrogen and oxygen atoms in total. The zero-order valence-electron chi connectivity index (χ0n) is 16.2. The molecule has 0 N–H and O–H groups in total. The molecule has 1 saturated heterocycles. The van der Waals surface area contributed by atoms with Gasteiger partial charge in [0, 0.05) is 23.7 Å². The van der Waals surface area contributed by atoms with Crippen molar-refractivity contribution < 1.29 is 9.53 Å². The van der Waals surface area contributed by atoms with Crippen molar-refractivity contribution in [2.24, 2.45) is 0 Å². The molecule has 2 aromatic carbocycles. The van der Waals surface area contributed by atoms with Gasteiger partial charge in [-0.05, 0) is 44.2 Å². The number of halogens is 2. The van der Waals surface area contributed by atoms with Gasteiger partial charge in [-0.15, -0.1) is 0 Å². The topological polar surface area (TPSA) is 47.4 Å². The highest BCUT2D eigenvalue weighted by Crippen LogP contribution is 2.29. The summed E-state index contributed by atoms with van der Waals surface area (Å²) in [5.74, 6) is -0.0993. The highest BCUT2D eigenvalue weighted by atomic mass is 35.5. The minimum atomic E-state index is -0.0993. The first kappa shape index (κ1) is 20.0. The Hall–Kier alpha value is -2.34. The van der Waals surface area contributed by atoms with E-state index in [1.54, 1.807) is 22.9 Å². The normalized spacial score (nSPS) is 19.4.